The van der Waals surface area contributed by atoms with Gasteiger partial charge in [0, 0.05) is 6.07 Å². The summed E-state index contributed by atoms with van der Waals surface area (Å²) < 4.78 is 30.9. The van der Waals surface area contributed by atoms with Gasteiger partial charge in [-0.1, -0.05) is 0 Å². The number of ether oxygens (including phenoxy) is 1. The molecule has 0 atom stereocenters. The van der Waals surface area contributed by atoms with Crippen LogP contribution in [0.1, 0.15) is 26.7 Å². The van der Waals surface area contributed by atoms with E-state index in [9.17, 15) is 13.6 Å². The van der Waals surface area contributed by atoms with Crippen LogP contribution in [-0.4, -0.2) is 17.7 Å². The van der Waals surface area contributed by atoms with Gasteiger partial charge in [0.25, 0.3) is 0 Å². The molecule has 0 saturated heterocycles. The van der Waals surface area contributed by atoms with Gasteiger partial charge in [0.2, 0.25) is 0 Å². The van der Waals surface area contributed by atoms with E-state index in [0.29, 0.717) is 12.8 Å². The minimum Gasteiger partial charge on any atom is -0.491 e. The van der Waals surface area contributed by atoms with Crippen molar-refractivity contribution in [1.82, 2.24) is 0 Å². The molecule has 0 spiro atoms. The maximum atomic E-state index is 13.2. The maximum Gasteiger partial charge on any atom is 0.309 e. The van der Waals surface area contributed by atoms with Crippen LogP contribution in [-0.2, 0) is 4.79 Å². The third-order valence-corrected chi connectivity index (χ3v) is 2.68. The lowest BCUT2D eigenvalue weighted by Gasteiger charge is -2.18. The summed E-state index contributed by atoms with van der Waals surface area (Å²) in [5, 5.41) is 8.89. The number of carboxylic acids is 1. The van der Waals surface area contributed by atoms with Gasteiger partial charge in [0.1, 0.15) is 5.82 Å². The Hall–Kier alpha value is -1.65. The third-order valence-electron chi connectivity index (χ3n) is 2.68. The van der Waals surface area contributed by atoms with Crippen molar-refractivity contribution in [3.63, 3.8) is 0 Å². The lowest BCUT2D eigenvalue weighted by atomic mass is 9.88. The molecule has 0 aliphatic rings. The van der Waals surface area contributed by atoms with E-state index in [4.69, 9.17) is 9.84 Å². The summed E-state index contributed by atoms with van der Waals surface area (Å²) in [5.74, 6) is -2.32. The fraction of sp³-hybridized carbons (Fsp3) is 0.462. The highest BCUT2D eigenvalue weighted by Crippen LogP contribution is 2.23. The first-order valence-electron chi connectivity index (χ1n) is 5.64. The molecule has 100 valence electrons. The summed E-state index contributed by atoms with van der Waals surface area (Å²) in [6.45, 7) is 3.43. The standard InChI is InChI=1S/C13H16F2O3/c1-13(2,12(16)17)6-3-7-18-11-5-4-9(14)8-10(11)15/h4-5,8H,3,6-7H2,1-2H3,(H,16,17). The molecule has 0 aliphatic carbocycles. The van der Waals surface area contributed by atoms with Gasteiger partial charge in [0.15, 0.2) is 11.6 Å². The van der Waals surface area contributed by atoms with Crippen molar-refractivity contribution in [3.05, 3.63) is 29.8 Å². The highest BCUT2D eigenvalue weighted by atomic mass is 19.1. The van der Waals surface area contributed by atoms with E-state index in [-0.39, 0.29) is 12.4 Å². The number of hydrogen-bond donors (Lipinski definition) is 1. The Morgan fingerprint density at radius 3 is 2.61 bits per heavy atom. The molecule has 0 heterocycles. The summed E-state index contributed by atoms with van der Waals surface area (Å²) in [5.41, 5.74) is -0.829. The highest BCUT2D eigenvalue weighted by Gasteiger charge is 2.26. The molecule has 0 amide bonds. The molecule has 3 nitrogen and oxygen atoms in total. The molecule has 0 radical (unpaired) electrons. The van der Waals surface area contributed by atoms with E-state index in [2.05, 4.69) is 0 Å². The van der Waals surface area contributed by atoms with E-state index in [0.717, 1.165) is 12.1 Å². The summed E-state index contributed by atoms with van der Waals surface area (Å²) in [6.07, 6.45) is 0.904. The van der Waals surface area contributed by atoms with Crippen LogP contribution < -0.4 is 4.74 Å². The smallest absolute Gasteiger partial charge is 0.309 e. The Morgan fingerprint density at radius 2 is 2.06 bits per heavy atom. The van der Waals surface area contributed by atoms with Crippen LogP contribution in [0.4, 0.5) is 8.78 Å². The molecular weight excluding hydrogens is 242 g/mol. The average molecular weight is 258 g/mol. The van der Waals surface area contributed by atoms with Crippen molar-refractivity contribution in [2.24, 2.45) is 5.41 Å². The molecule has 0 unspecified atom stereocenters. The van der Waals surface area contributed by atoms with Crippen LogP contribution in [0.15, 0.2) is 18.2 Å². The number of rotatable bonds is 6. The SMILES string of the molecule is CC(C)(CCCOc1ccc(F)cc1F)C(=O)O. The fourth-order valence-electron chi connectivity index (χ4n) is 1.40. The fourth-order valence-corrected chi connectivity index (χ4v) is 1.40. The van der Waals surface area contributed by atoms with Crippen LogP contribution in [0.3, 0.4) is 0 Å². The predicted molar refractivity (Wildman–Crippen MR) is 62.5 cm³/mol. The van der Waals surface area contributed by atoms with E-state index in [1.54, 1.807) is 13.8 Å². The maximum absolute atomic E-state index is 13.2. The first-order chi connectivity index (χ1) is 8.33. The zero-order valence-electron chi connectivity index (χ0n) is 10.4. The van der Waals surface area contributed by atoms with Crippen LogP contribution in [0.2, 0.25) is 0 Å². The molecule has 0 aliphatic heterocycles. The average Bonchev–Trinajstić information content (AvgIpc) is 2.26. The number of carboxylic acid groups (broad SMARTS) is 1. The molecule has 0 aromatic heterocycles. The topological polar surface area (TPSA) is 46.5 Å². The monoisotopic (exact) mass is 258 g/mol. The first-order valence-corrected chi connectivity index (χ1v) is 5.64. The minimum absolute atomic E-state index is 0.0236. The third kappa shape index (κ3) is 3.98. The number of benzene rings is 1. The Bertz CT molecular complexity index is 430. The summed E-state index contributed by atoms with van der Waals surface area (Å²) in [7, 11) is 0. The molecule has 0 saturated carbocycles. The van der Waals surface area contributed by atoms with Gasteiger partial charge in [-0.05, 0) is 38.8 Å². The van der Waals surface area contributed by atoms with Crippen LogP contribution in [0.25, 0.3) is 0 Å². The second-order valence-electron chi connectivity index (χ2n) is 4.72. The normalized spacial score (nSPS) is 11.3. The van der Waals surface area contributed by atoms with Crippen molar-refractivity contribution in [1.29, 1.82) is 0 Å². The van der Waals surface area contributed by atoms with E-state index in [1.165, 1.54) is 6.07 Å². The largest absolute Gasteiger partial charge is 0.491 e. The van der Waals surface area contributed by atoms with Crippen LogP contribution in [0, 0.1) is 17.0 Å². The second kappa shape index (κ2) is 5.80. The Balaban J connectivity index is 2.41. The summed E-state index contributed by atoms with van der Waals surface area (Å²) in [6, 6.07) is 3.07. The van der Waals surface area contributed by atoms with Crippen LogP contribution >= 0.6 is 0 Å². The zero-order chi connectivity index (χ0) is 13.8. The van der Waals surface area contributed by atoms with Crippen molar-refractivity contribution in [3.8, 4) is 5.75 Å². The number of hydrogen-bond acceptors (Lipinski definition) is 2. The van der Waals surface area contributed by atoms with Gasteiger partial charge in [0.05, 0.1) is 12.0 Å². The second-order valence-corrected chi connectivity index (χ2v) is 4.72. The molecular formula is C13H16F2O3. The minimum atomic E-state index is -0.879. The zero-order valence-corrected chi connectivity index (χ0v) is 10.4. The molecule has 5 heteroatoms. The van der Waals surface area contributed by atoms with Gasteiger partial charge in [-0.3, -0.25) is 4.79 Å². The van der Waals surface area contributed by atoms with Crippen molar-refractivity contribution in [2.75, 3.05) is 6.61 Å². The molecule has 1 aromatic rings. The Labute approximate surface area is 104 Å². The quantitative estimate of drug-likeness (QED) is 0.797. The van der Waals surface area contributed by atoms with Gasteiger partial charge in [-0.25, -0.2) is 8.78 Å². The summed E-state index contributed by atoms with van der Waals surface area (Å²) in [4.78, 5) is 10.8. The van der Waals surface area contributed by atoms with Crippen LogP contribution in [0.5, 0.6) is 5.75 Å². The van der Waals surface area contributed by atoms with E-state index < -0.39 is 23.0 Å². The van der Waals surface area contributed by atoms with Crippen molar-refractivity contribution >= 4 is 5.97 Å². The first kappa shape index (κ1) is 14.4. The van der Waals surface area contributed by atoms with Crippen molar-refractivity contribution < 1.29 is 23.4 Å². The number of aliphatic carboxylic acids is 1. The van der Waals surface area contributed by atoms with Gasteiger partial charge in [-0.2, -0.15) is 0 Å². The van der Waals surface area contributed by atoms with Gasteiger partial charge in [-0.15, -0.1) is 0 Å². The highest BCUT2D eigenvalue weighted by molar-refractivity contribution is 5.73. The van der Waals surface area contributed by atoms with Crippen molar-refractivity contribution in [2.45, 2.75) is 26.7 Å². The molecule has 0 fully saturated rings. The van der Waals surface area contributed by atoms with E-state index >= 15 is 0 Å². The molecule has 18 heavy (non-hydrogen) atoms. The lowest BCUT2D eigenvalue weighted by molar-refractivity contribution is -0.147. The molecule has 1 rings (SSSR count). The van der Waals surface area contributed by atoms with Gasteiger partial charge < -0.3 is 9.84 Å². The Kier molecular flexibility index (Phi) is 4.64. The lowest BCUT2D eigenvalue weighted by Crippen LogP contribution is -2.24. The van der Waals surface area contributed by atoms with Gasteiger partial charge >= 0.3 is 5.97 Å². The predicted octanol–water partition coefficient (Wildman–Crippen LogP) is 3.23. The molecule has 1 aromatic carbocycles. The Morgan fingerprint density at radius 1 is 1.39 bits per heavy atom. The number of halogens is 2. The number of carbonyl (C=O) groups is 1. The molecule has 1 N–H and O–H groups in total. The molecule has 0 bridgehead atoms. The summed E-state index contributed by atoms with van der Waals surface area (Å²) >= 11 is 0. The van der Waals surface area contributed by atoms with E-state index in [1.807, 2.05) is 0 Å².